The van der Waals surface area contributed by atoms with Crippen molar-refractivity contribution in [2.45, 2.75) is 222 Å². The van der Waals surface area contributed by atoms with Gasteiger partial charge in [0.05, 0.1) is 12.1 Å². The van der Waals surface area contributed by atoms with Gasteiger partial charge in [-0.3, -0.25) is 57.5 Å². The van der Waals surface area contributed by atoms with E-state index < -0.39 is 161 Å². The third kappa shape index (κ3) is 23.0. The number of carbonyl (C=O) groups excluding carboxylic acids is 12. The van der Waals surface area contributed by atoms with Gasteiger partial charge in [-0.1, -0.05) is 95.2 Å². The molecule has 1 aliphatic rings. The van der Waals surface area contributed by atoms with Gasteiger partial charge in [0, 0.05) is 68.8 Å². The summed E-state index contributed by atoms with van der Waals surface area (Å²) in [4.78, 5) is 184. The summed E-state index contributed by atoms with van der Waals surface area (Å²) in [6.45, 7) is 28.3. The number of nitrogens with one attached hydrogen (secondary N) is 4. The van der Waals surface area contributed by atoms with Gasteiger partial charge in [-0.15, -0.1) is 0 Å². The monoisotopic (exact) mass is 1260 g/mol. The Morgan fingerprint density at radius 3 is 1.49 bits per heavy atom. The minimum atomic E-state index is -1.83. The molecule has 0 unspecified atom stereocenters. The minimum absolute atomic E-state index is 0.0369. The molecule has 1 rings (SSSR count). The maximum atomic E-state index is 15.1. The second-order valence-corrected chi connectivity index (χ2v) is 26.8. The topological polar surface area (TPSA) is 294 Å². The number of amides is 11. The first-order chi connectivity index (χ1) is 41.1. The molecule has 0 aromatic carbocycles. The van der Waals surface area contributed by atoms with Crippen LogP contribution in [0.4, 0.5) is 0 Å². The fourth-order valence-electron chi connectivity index (χ4n) is 10.8. The molecule has 0 aromatic heterocycles. The highest BCUT2D eigenvalue weighted by Gasteiger charge is 2.46. The fourth-order valence-corrected chi connectivity index (χ4v) is 10.8. The maximum Gasteiger partial charge on any atom is 0.251 e. The number of carbonyl (C=O) groups is 12. The Morgan fingerprint density at radius 2 is 1.02 bits per heavy atom. The molecule has 0 spiro atoms. The number of ether oxygens (including phenoxy) is 2. The van der Waals surface area contributed by atoms with E-state index >= 15 is 9.59 Å². The molecule has 1 heterocycles. The van der Waals surface area contributed by atoms with Crippen molar-refractivity contribution in [2.24, 2.45) is 35.5 Å². The molecule has 11 atom stereocenters. The molecule has 0 radical (unpaired) electrons. The van der Waals surface area contributed by atoms with E-state index in [0.29, 0.717) is 0 Å². The van der Waals surface area contributed by atoms with E-state index in [1.165, 1.54) is 89.9 Å². The molecule has 1 aliphatic heterocycles. The summed E-state index contributed by atoms with van der Waals surface area (Å²) in [5, 5.41) is 10.9. The second-order valence-electron chi connectivity index (χ2n) is 26.8. The van der Waals surface area contributed by atoms with Crippen LogP contribution in [-0.4, -0.2) is 241 Å². The summed E-state index contributed by atoms with van der Waals surface area (Å²) in [5.41, 5.74) is -1.13. The molecule has 89 heavy (non-hydrogen) atoms. The van der Waals surface area contributed by atoms with Gasteiger partial charge in [-0.05, 0) is 96.3 Å². The van der Waals surface area contributed by atoms with E-state index in [0.717, 1.165) is 14.7 Å². The van der Waals surface area contributed by atoms with Crippen molar-refractivity contribution in [2.75, 3.05) is 69.8 Å². The quantitative estimate of drug-likeness (QED) is 0.0871. The zero-order valence-corrected chi connectivity index (χ0v) is 58.4. The SMILES string of the molecule is C/C=C/C[C@@H](C)C(=O)[C@H]1C(=O)N[C@@H](CC)C(=O)N(C)CC(=O)N(C)[C@@H](CC(C)(C)OCOC)C(=O)N[C@@H](C(C)C)C(=O)N(C)[C@@H](CC(C)C)C(=O)N[C@@H](C)C(=O)N[C@H](C)C(=O)N(C)[C@@H](CC(C)C)C(=O)N(C)[C@@H](CC(C)C)C(=O)N(C)[C@@H](C(C)C)C(=O)N1C. The molecule has 11 amide bonds. The van der Waals surface area contributed by atoms with E-state index in [2.05, 4.69) is 21.3 Å². The van der Waals surface area contributed by atoms with Crippen molar-refractivity contribution in [3.63, 3.8) is 0 Å². The number of ketones is 1. The van der Waals surface area contributed by atoms with Gasteiger partial charge in [-0.2, -0.15) is 0 Å². The van der Waals surface area contributed by atoms with Crippen LogP contribution in [0.2, 0.25) is 0 Å². The molecule has 0 aliphatic carbocycles. The van der Waals surface area contributed by atoms with Crippen LogP contribution >= 0.6 is 0 Å². The Morgan fingerprint density at radius 1 is 0.551 bits per heavy atom. The Balaban J connectivity index is 4.41. The van der Waals surface area contributed by atoms with Gasteiger partial charge in [-0.25, -0.2) is 0 Å². The second kappa shape index (κ2) is 36.4. The van der Waals surface area contributed by atoms with Crippen LogP contribution in [0.5, 0.6) is 0 Å². The molecule has 25 nitrogen and oxygen atoms in total. The highest BCUT2D eigenvalue weighted by atomic mass is 16.7. The Hall–Kier alpha value is -6.50. The lowest BCUT2D eigenvalue weighted by atomic mass is 9.92. The molecule has 1 saturated heterocycles. The van der Waals surface area contributed by atoms with E-state index in [1.54, 1.807) is 74.5 Å². The maximum absolute atomic E-state index is 15.1. The predicted octanol–water partition coefficient (Wildman–Crippen LogP) is 3.22. The van der Waals surface area contributed by atoms with Crippen LogP contribution in [0.3, 0.4) is 0 Å². The number of methoxy groups -OCH3 is 1. The molecular formula is C64H113N11O14. The number of rotatable bonds is 18. The third-order valence-electron chi connectivity index (χ3n) is 16.4. The molecule has 0 bridgehead atoms. The lowest BCUT2D eigenvalue weighted by molar-refractivity contribution is -0.157. The summed E-state index contributed by atoms with van der Waals surface area (Å²) in [6, 6.07) is -13.1. The number of hydrogen-bond donors (Lipinski definition) is 4. The zero-order chi connectivity index (χ0) is 69.0. The van der Waals surface area contributed by atoms with Crippen molar-refractivity contribution in [3.8, 4) is 0 Å². The molecule has 4 N–H and O–H groups in total. The predicted molar refractivity (Wildman–Crippen MR) is 340 cm³/mol. The van der Waals surface area contributed by atoms with Gasteiger partial charge in [0.25, 0.3) is 5.91 Å². The minimum Gasteiger partial charge on any atom is -0.359 e. The summed E-state index contributed by atoms with van der Waals surface area (Å²) >= 11 is 0. The average Bonchev–Trinajstić information content (AvgIpc) is 3.31. The third-order valence-corrected chi connectivity index (χ3v) is 16.4. The number of Topliss-reactive ketones (excluding diaryl/α,β-unsaturated/α-hetero) is 1. The summed E-state index contributed by atoms with van der Waals surface area (Å²) in [7, 11) is 11.1. The highest BCUT2D eigenvalue weighted by Crippen LogP contribution is 2.26. The van der Waals surface area contributed by atoms with Crippen molar-refractivity contribution in [1.82, 2.24) is 55.6 Å². The van der Waals surface area contributed by atoms with Gasteiger partial charge >= 0.3 is 0 Å². The molecule has 508 valence electrons. The number of nitrogens with zero attached hydrogens (tertiary/aromatic N) is 7. The summed E-state index contributed by atoms with van der Waals surface area (Å²) in [5.74, 6) is -11.3. The largest absolute Gasteiger partial charge is 0.359 e. The first-order valence-corrected chi connectivity index (χ1v) is 31.4. The van der Waals surface area contributed by atoms with E-state index in [4.69, 9.17) is 9.47 Å². The van der Waals surface area contributed by atoms with Crippen molar-refractivity contribution in [1.29, 1.82) is 0 Å². The molecule has 25 heteroatoms. The van der Waals surface area contributed by atoms with Gasteiger partial charge in [0.2, 0.25) is 59.1 Å². The van der Waals surface area contributed by atoms with Crippen LogP contribution < -0.4 is 21.3 Å². The normalized spacial score (nSPS) is 26.0. The Kier molecular flexibility index (Phi) is 32.9. The van der Waals surface area contributed by atoms with E-state index in [9.17, 15) is 47.9 Å². The number of allylic oxidation sites excluding steroid dienone is 2. The van der Waals surface area contributed by atoms with E-state index in [1.807, 2.05) is 41.5 Å². The summed E-state index contributed by atoms with van der Waals surface area (Å²) in [6.07, 6.45) is 3.88. The molecule has 0 aromatic rings. The number of likely N-dealkylation sites (N-methyl/N-ethyl adjacent to an activating group) is 7. The van der Waals surface area contributed by atoms with Crippen molar-refractivity contribution >= 4 is 70.8 Å². The number of hydrogen-bond acceptors (Lipinski definition) is 14. The summed E-state index contributed by atoms with van der Waals surface area (Å²) < 4.78 is 11.1. The Labute approximate surface area is 531 Å². The van der Waals surface area contributed by atoms with Gasteiger partial charge in [0.1, 0.15) is 61.2 Å². The first kappa shape index (κ1) is 80.5. The van der Waals surface area contributed by atoms with Crippen LogP contribution in [0.25, 0.3) is 0 Å². The lowest BCUT2D eigenvalue weighted by Gasteiger charge is -2.40. The highest BCUT2D eigenvalue weighted by molar-refractivity contribution is 6.10. The fraction of sp³-hybridized carbons (Fsp3) is 0.781. The molecule has 1 fully saturated rings. The Bertz CT molecular complexity index is 2480. The van der Waals surface area contributed by atoms with Crippen LogP contribution in [0.1, 0.15) is 156 Å². The first-order valence-electron chi connectivity index (χ1n) is 31.4. The van der Waals surface area contributed by atoms with Crippen LogP contribution in [0.15, 0.2) is 12.2 Å². The van der Waals surface area contributed by atoms with Crippen LogP contribution in [-0.2, 0) is 67.0 Å². The molecular weight excluding hydrogens is 1150 g/mol. The van der Waals surface area contributed by atoms with Crippen molar-refractivity contribution in [3.05, 3.63) is 12.2 Å². The van der Waals surface area contributed by atoms with Crippen LogP contribution in [0, 0.1) is 35.5 Å². The van der Waals surface area contributed by atoms with E-state index in [-0.39, 0.29) is 63.1 Å². The van der Waals surface area contributed by atoms with Crippen molar-refractivity contribution < 1.29 is 67.0 Å². The lowest BCUT2D eigenvalue weighted by Crippen LogP contribution is -2.63. The molecule has 0 saturated carbocycles. The average molecular weight is 1260 g/mol. The standard InChI is InChI=1S/C64H113N11O14/c1-26-28-29-41(13)53(77)52-57(81)67-44(27-2)59(83)69(18)34-49(76)70(19)48(33-64(16,17)89-35-88-25)56(80)68-50(39(9)10)62(86)71(20)45(30-36(3)4)55(79)65-42(14)54(78)66-43(15)58(82)72(21)46(31-37(5)6)60(84)73(22)47(32-38(7)8)61(85)74(23)51(40(11)12)63(87)75(52)24/h26,28,36-48,50-52H,27,29-35H2,1-25H3,(H,65,79)(H,66,78)(H,67,81)(H,68,80)/b28-26+/t41-,42+,43-,44+,45+,46+,47+,48+,50+,51+,52+/m1/s1. The smallest absolute Gasteiger partial charge is 0.251 e. The van der Waals surface area contributed by atoms with Gasteiger partial charge in [0.15, 0.2) is 11.8 Å². The van der Waals surface area contributed by atoms with Gasteiger partial charge < -0.3 is 65.0 Å². The zero-order valence-electron chi connectivity index (χ0n) is 58.4.